The van der Waals surface area contributed by atoms with Crippen LogP contribution < -0.4 is 4.90 Å². The molecule has 0 bridgehead atoms. The second-order valence-electron chi connectivity index (χ2n) is 8.81. The summed E-state index contributed by atoms with van der Waals surface area (Å²) in [6.07, 6.45) is 1.97. The number of ketones is 1. The van der Waals surface area contributed by atoms with Crippen LogP contribution in [0.2, 0.25) is 0 Å². The van der Waals surface area contributed by atoms with Crippen molar-refractivity contribution in [1.29, 1.82) is 0 Å². The third-order valence-electron chi connectivity index (χ3n) is 6.06. The van der Waals surface area contributed by atoms with Gasteiger partial charge in [0, 0.05) is 25.1 Å². The molecular formula is C21H26N2O3. The molecule has 0 radical (unpaired) electrons. The van der Waals surface area contributed by atoms with Crippen molar-refractivity contribution in [3.05, 3.63) is 29.8 Å². The van der Waals surface area contributed by atoms with E-state index in [0.717, 1.165) is 29.9 Å². The Morgan fingerprint density at radius 1 is 1.23 bits per heavy atom. The number of hydrogen-bond donors (Lipinski definition) is 0. The van der Waals surface area contributed by atoms with Gasteiger partial charge in [0.1, 0.15) is 11.4 Å². The van der Waals surface area contributed by atoms with E-state index in [4.69, 9.17) is 9.73 Å². The van der Waals surface area contributed by atoms with E-state index in [-0.39, 0.29) is 17.3 Å². The van der Waals surface area contributed by atoms with Crippen LogP contribution >= 0.6 is 0 Å². The molecule has 0 N–H and O–H groups in total. The van der Waals surface area contributed by atoms with Crippen molar-refractivity contribution in [3.8, 4) is 0 Å². The maximum Gasteiger partial charge on any atom is 0.415 e. The van der Waals surface area contributed by atoms with Crippen LogP contribution in [-0.4, -0.2) is 35.3 Å². The van der Waals surface area contributed by atoms with Crippen LogP contribution in [0.5, 0.6) is 0 Å². The van der Waals surface area contributed by atoms with E-state index in [1.54, 1.807) is 4.90 Å². The molecule has 0 saturated heterocycles. The lowest BCUT2D eigenvalue weighted by Gasteiger charge is -2.45. The first-order chi connectivity index (χ1) is 12.2. The van der Waals surface area contributed by atoms with Crippen molar-refractivity contribution in [2.75, 3.05) is 11.4 Å². The highest BCUT2D eigenvalue weighted by Crippen LogP contribution is 2.59. The highest BCUT2D eigenvalue weighted by atomic mass is 16.6. The number of benzene rings is 1. The number of fused-ring (bicyclic) bond motifs is 1. The summed E-state index contributed by atoms with van der Waals surface area (Å²) in [6, 6.07) is 8.01. The number of aliphatic imine (C=N–C) groups is 1. The Morgan fingerprint density at radius 3 is 2.69 bits per heavy atom. The number of carbonyl (C=O) groups is 2. The number of nitrogens with zero attached hydrogens (tertiary/aromatic N) is 2. The van der Waals surface area contributed by atoms with Gasteiger partial charge in [0.15, 0.2) is 0 Å². The maximum atomic E-state index is 13.2. The first-order valence-corrected chi connectivity index (χ1v) is 9.37. The predicted octanol–water partition coefficient (Wildman–Crippen LogP) is 4.04. The van der Waals surface area contributed by atoms with E-state index < -0.39 is 11.1 Å². The minimum atomic E-state index is -0.679. The Labute approximate surface area is 154 Å². The third kappa shape index (κ3) is 2.19. The molecule has 5 heteroatoms. The number of para-hydroxylation sites is 1. The second-order valence-corrected chi connectivity index (χ2v) is 8.81. The summed E-state index contributed by atoms with van der Waals surface area (Å²) in [6.45, 7) is 8.39. The molecule has 138 valence electrons. The lowest BCUT2D eigenvalue weighted by molar-refractivity contribution is -0.119. The first kappa shape index (κ1) is 17.3. The van der Waals surface area contributed by atoms with Crippen molar-refractivity contribution < 1.29 is 14.3 Å². The normalized spacial score (nSPS) is 30.2. The summed E-state index contributed by atoms with van der Waals surface area (Å²) in [5.41, 5.74) is 1.38. The van der Waals surface area contributed by atoms with Crippen molar-refractivity contribution in [2.45, 2.75) is 69.9 Å². The van der Waals surface area contributed by atoms with Gasteiger partial charge in [-0.3, -0.25) is 14.7 Å². The van der Waals surface area contributed by atoms with Crippen LogP contribution in [0.1, 0.15) is 58.9 Å². The van der Waals surface area contributed by atoms with Gasteiger partial charge in [-0.05, 0) is 52.2 Å². The van der Waals surface area contributed by atoms with E-state index in [1.165, 1.54) is 0 Å². The number of carbonyl (C=O) groups excluding carboxylic acids is 2. The van der Waals surface area contributed by atoms with Gasteiger partial charge in [-0.1, -0.05) is 18.2 Å². The Kier molecular flexibility index (Phi) is 3.59. The Morgan fingerprint density at radius 2 is 1.96 bits per heavy atom. The van der Waals surface area contributed by atoms with Crippen LogP contribution in [-0.2, 0) is 14.9 Å². The van der Waals surface area contributed by atoms with Gasteiger partial charge in [-0.15, -0.1) is 0 Å². The number of Topliss-reactive ketones (excluding diaryl/α,β-unsaturated/α-hetero) is 1. The van der Waals surface area contributed by atoms with E-state index in [0.29, 0.717) is 19.3 Å². The largest absolute Gasteiger partial charge is 0.443 e. The number of amides is 1. The van der Waals surface area contributed by atoms with Gasteiger partial charge in [-0.2, -0.15) is 0 Å². The number of anilines is 1. The molecule has 1 amide bonds. The summed E-state index contributed by atoms with van der Waals surface area (Å²) >= 11 is 0. The Balaban J connectivity index is 1.94. The molecule has 3 aliphatic rings. The summed E-state index contributed by atoms with van der Waals surface area (Å²) in [7, 11) is 0. The Hall–Kier alpha value is -2.17. The van der Waals surface area contributed by atoms with E-state index in [2.05, 4.69) is 6.07 Å². The summed E-state index contributed by atoms with van der Waals surface area (Å²) in [4.78, 5) is 32.4. The van der Waals surface area contributed by atoms with Crippen molar-refractivity contribution in [1.82, 2.24) is 0 Å². The van der Waals surface area contributed by atoms with E-state index in [1.807, 2.05) is 45.9 Å². The molecule has 1 aromatic rings. The molecule has 2 atom stereocenters. The minimum absolute atomic E-state index is 0.185. The monoisotopic (exact) mass is 354 g/mol. The predicted molar refractivity (Wildman–Crippen MR) is 101 cm³/mol. The molecule has 5 nitrogen and oxygen atoms in total. The zero-order valence-electron chi connectivity index (χ0n) is 16.0. The number of ether oxygens (including phenoxy) is 1. The Bertz CT molecular complexity index is 823. The molecule has 1 aliphatic carbocycles. The zero-order chi connectivity index (χ0) is 18.7. The van der Waals surface area contributed by atoms with Crippen LogP contribution in [0.4, 0.5) is 10.5 Å². The maximum absolute atomic E-state index is 13.2. The van der Waals surface area contributed by atoms with E-state index >= 15 is 0 Å². The molecule has 0 aromatic heterocycles. The summed E-state index contributed by atoms with van der Waals surface area (Å²) in [5.74, 6) is 0.185. The van der Waals surface area contributed by atoms with Crippen LogP contribution in [0.3, 0.4) is 0 Å². The lowest BCUT2D eigenvalue weighted by Crippen LogP contribution is -2.60. The second kappa shape index (κ2) is 5.41. The third-order valence-corrected chi connectivity index (χ3v) is 6.06. The molecule has 1 fully saturated rings. The topological polar surface area (TPSA) is 59.0 Å². The van der Waals surface area contributed by atoms with Crippen molar-refractivity contribution >= 4 is 23.3 Å². The molecule has 1 spiro atoms. The molecule has 0 unspecified atom stereocenters. The summed E-state index contributed by atoms with van der Waals surface area (Å²) < 4.78 is 5.75. The SMILES string of the molecule is CC(C)(C)OC(=O)N1c2ccccc2[C@]23CCN=C2CCC(=O)C[C@]13C. The van der Waals surface area contributed by atoms with Crippen LogP contribution in [0, 0.1) is 0 Å². The molecule has 4 rings (SSSR count). The van der Waals surface area contributed by atoms with Crippen LogP contribution in [0.15, 0.2) is 29.3 Å². The van der Waals surface area contributed by atoms with Crippen molar-refractivity contribution in [2.24, 2.45) is 4.99 Å². The van der Waals surface area contributed by atoms with Gasteiger partial charge in [0.25, 0.3) is 0 Å². The van der Waals surface area contributed by atoms with Crippen LogP contribution in [0.25, 0.3) is 0 Å². The molecule has 1 aromatic carbocycles. The van der Waals surface area contributed by atoms with Gasteiger partial charge in [-0.25, -0.2) is 4.79 Å². The van der Waals surface area contributed by atoms with Gasteiger partial charge in [0.2, 0.25) is 0 Å². The number of rotatable bonds is 0. The van der Waals surface area contributed by atoms with Gasteiger partial charge < -0.3 is 4.74 Å². The minimum Gasteiger partial charge on any atom is -0.443 e. The quantitative estimate of drug-likeness (QED) is 0.706. The fraction of sp³-hybridized carbons (Fsp3) is 0.571. The lowest BCUT2D eigenvalue weighted by atomic mass is 9.63. The first-order valence-electron chi connectivity index (χ1n) is 9.37. The molecule has 1 saturated carbocycles. The fourth-order valence-corrected chi connectivity index (χ4v) is 5.14. The average molecular weight is 354 g/mol. The molecule has 26 heavy (non-hydrogen) atoms. The standard InChI is InChI=1S/C21H26N2O3/c1-19(2,3)26-18(25)23-16-8-6-5-7-15(16)21-11-12-22-17(21)10-9-14(24)13-20(21,23)4/h5-8H,9-13H2,1-4H3/t20-,21+/m0/s1. The fourth-order valence-electron chi connectivity index (χ4n) is 5.14. The molecular weight excluding hydrogens is 328 g/mol. The van der Waals surface area contributed by atoms with Crippen molar-refractivity contribution in [3.63, 3.8) is 0 Å². The zero-order valence-corrected chi connectivity index (χ0v) is 16.0. The number of hydrogen-bond acceptors (Lipinski definition) is 4. The average Bonchev–Trinajstić information content (AvgIpc) is 3.02. The smallest absolute Gasteiger partial charge is 0.415 e. The van der Waals surface area contributed by atoms with Gasteiger partial charge >= 0.3 is 6.09 Å². The van der Waals surface area contributed by atoms with Gasteiger partial charge in [0.05, 0.1) is 16.6 Å². The highest BCUT2D eigenvalue weighted by molar-refractivity contribution is 6.09. The molecule has 2 heterocycles. The highest BCUT2D eigenvalue weighted by Gasteiger charge is 2.65. The summed E-state index contributed by atoms with van der Waals surface area (Å²) in [5, 5.41) is 0. The molecule has 2 aliphatic heterocycles. The van der Waals surface area contributed by atoms with E-state index in [9.17, 15) is 9.59 Å².